The molecule has 108 valence electrons. The van der Waals surface area contributed by atoms with Crippen LogP contribution in [0.2, 0.25) is 0 Å². The van der Waals surface area contributed by atoms with E-state index in [2.05, 4.69) is 38.5 Å². The molecular formula is C15H17BrINO2. The second-order valence-electron chi connectivity index (χ2n) is 5.18. The number of piperidine rings is 1. The van der Waals surface area contributed by atoms with E-state index >= 15 is 0 Å². The molecule has 0 radical (unpaired) electrons. The van der Waals surface area contributed by atoms with Crippen LogP contribution >= 0.6 is 38.5 Å². The van der Waals surface area contributed by atoms with E-state index in [1.54, 1.807) is 6.92 Å². The third kappa shape index (κ3) is 3.81. The molecule has 20 heavy (non-hydrogen) atoms. The van der Waals surface area contributed by atoms with Gasteiger partial charge >= 0.3 is 0 Å². The lowest BCUT2D eigenvalue weighted by Gasteiger charge is -2.35. The lowest BCUT2D eigenvalue weighted by atomic mass is 9.97. The van der Waals surface area contributed by atoms with Gasteiger partial charge in [0.05, 0.1) is 5.56 Å². The molecule has 1 aromatic rings. The smallest absolute Gasteiger partial charge is 0.255 e. The Morgan fingerprint density at radius 3 is 2.85 bits per heavy atom. The topological polar surface area (TPSA) is 37.4 Å². The molecule has 0 spiro atoms. The van der Waals surface area contributed by atoms with Crippen LogP contribution in [-0.4, -0.2) is 29.2 Å². The number of halogens is 2. The Labute approximate surface area is 141 Å². The first-order valence-corrected chi connectivity index (χ1v) is 8.61. The first-order valence-electron chi connectivity index (χ1n) is 6.74. The minimum atomic E-state index is 0.0432. The number of carbonyl (C=O) groups is 2. The van der Waals surface area contributed by atoms with Crippen LogP contribution < -0.4 is 0 Å². The number of Topliss-reactive ketones (excluding diaryl/α,β-unsaturated/α-hetero) is 1. The molecule has 0 bridgehead atoms. The van der Waals surface area contributed by atoms with Gasteiger partial charge in [0.2, 0.25) is 0 Å². The van der Waals surface area contributed by atoms with E-state index in [9.17, 15) is 9.59 Å². The highest BCUT2D eigenvalue weighted by Gasteiger charge is 2.29. The molecule has 1 atom stereocenters. The molecule has 0 aliphatic carbocycles. The van der Waals surface area contributed by atoms with E-state index < -0.39 is 0 Å². The zero-order valence-electron chi connectivity index (χ0n) is 11.4. The summed E-state index contributed by atoms with van der Waals surface area (Å²) in [6.45, 7) is 2.35. The molecule has 1 aliphatic heterocycles. The van der Waals surface area contributed by atoms with Crippen LogP contribution in [0, 0.1) is 3.57 Å². The first-order chi connectivity index (χ1) is 9.49. The fourth-order valence-electron chi connectivity index (χ4n) is 2.63. The van der Waals surface area contributed by atoms with E-state index in [0.29, 0.717) is 6.42 Å². The van der Waals surface area contributed by atoms with Gasteiger partial charge in [0.1, 0.15) is 5.78 Å². The number of carbonyl (C=O) groups excluding carboxylic acids is 2. The Balaban J connectivity index is 2.25. The summed E-state index contributed by atoms with van der Waals surface area (Å²) in [5.74, 6) is 0.195. The van der Waals surface area contributed by atoms with Gasteiger partial charge in [0.25, 0.3) is 5.91 Å². The van der Waals surface area contributed by atoms with Gasteiger partial charge in [-0.15, -0.1) is 0 Å². The maximum atomic E-state index is 12.8. The average molecular weight is 450 g/mol. The van der Waals surface area contributed by atoms with Crippen molar-refractivity contribution in [2.24, 2.45) is 0 Å². The van der Waals surface area contributed by atoms with E-state index in [1.807, 2.05) is 23.1 Å². The van der Waals surface area contributed by atoms with Crippen molar-refractivity contribution < 1.29 is 9.59 Å². The molecule has 5 heteroatoms. The summed E-state index contributed by atoms with van der Waals surface area (Å²) < 4.78 is 1.85. The fraction of sp³-hybridized carbons (Fsp3) is 0.467. The number of likely N-dealkylation sites (tertiary alicyclic amines) is 1. The second kappa shape index (κ2) is 7.02. The maximum absolute atomic E-state index is 12.8. The molecule has 0 saturated carbocycles. The number of hydrogen-bond donors (Lipinski definition) is 0. The molecule has 1 fully saturated rings. The van der Waals surface area contributed by atoms with Gasteiger partial charge in [-0.25, -0.2) is 0 Å². The van der Waals surface area contributed by atoms with Gasteiger partial charge in [-0.3, -0.25) is 9.59 Å². The number of nitrogens with zero attached hydrogens (tertiary/aromatic N) is 1. The van der Waals surface area contributed by atoms with Crippen molar-refractivity contribution in [2.75, 3.05) is 6.54 Å². The Hall–Kier alpha value is -0.430. The van der Waals surface area contributed by atoms with Crippen LogP contribution in [0.3, 0.4) is 0 Å². The highest BCUT2D eigenvalue weighted by atomic mass is 127. The van der Waals surface area contributed by atoms with Crippen LogP contribution in [0.5, 0.6) is 0 Å². The number of hydrogen-bond acceptors (Lipinski definition) is 2. The molecule has 1 aliphatic rings. The Morgan fingerprint density at radius 1 is 1.40 bits per heavy atom. The van der Waals surface area contributed by atoms with Crippen molar-refractivity contribution >= 4 is 50.2 Å². The Kier molecular flexibility index (Phi) is 5.60. The number of amides is 1. The highest BCUT2D eigenvalue weighted by Crippen LogP contribution is 2.25. The van der Waals surface area contributed by atoms with Crippen molar-refractivity contribution in [1.82, 2.24) is 4.90 Å². The second-order valence-corrected chi connectivity index (χ2v) is 7.26. The molecule has 1 heterocycles. The fourth-order valence-corrected chi connectivity index (χ4v) is 3.56. The zero-order valence-corrected chi connectivity index (χ0v) is 15.1. The summed E-state index contributed by atoms with van der Waals surface area (Å²) >= 11 is 5.60. The van der Waals surface area contributed by atoms with E-state index in [4.69, 9.17) is 0 Å². The molecule has 0 aromatic heterocycles. The van der Waals surface area contributed by atoms with Gasteiger partial charge in [-0.05, 0) is 67.0 Å². The predicted molar refractivity (Wildman–Crippen MR) is 90.8 cm³/mol. The number of ketones is 1. The van der Waals surface area contributed by atoms with Crippen molar-refractivity contribution in [1.29, 1.82) is 0 Å². The van der Waals surface area contributed by atoms with Gasteiger partial charge in [-0.2, -0.15) is 0 Å². The van der Waals surface area contributed by atoms with Crippen molar-refractivity contribution in [3.63, 3.8) is 0 Å². The maximum Gasteiger partial charge on any atom is 0.255 e. The first kappa shape index (κ1) is 15.9. The van der Waals surface area contributed by atoms with Crippen LogP contribution in [0.4, 0.5) is 0 Å². The summed E-state index contributed by atoms with van der Waals surface area (Å²) in [6.07, 6.45) is 3.51. The molecule has 3 nitrogen and oxygen atoms in total. The summed E-state index contributed by atoms with van der Waals surface area (Å²) in [5.41, 5.74) is 0.718. The van der Waals surface area contributed by atoms with E-state index in [-0.39, 0.29) is 17.7 Å². The Morgan fingerprint density at radius 2 is 2.15 bits per heavy atom. The predicted octanol–water partition coefficient (Wildman–Crippen LogP) is 4.03. The molecule has 1 amide bonds. The van der Waals surface area contributed by atoms with Crippen molar-refractivity contribution in [2.45, 2.75) is 38.6 Å². The lowest BCUT2D eigenvalue weighted by molar-refractivity contribution is -0.118. The average Bonchev–Trinajstić information content (AvgIpc) is 2.41. The zero-order chi connectivity index (χ0) is 14.7. The highest BCUT2D eigenvalue weighted by molar-refractivity contribution is 14.1. The molecule has 0 N–H and O–H groups in total. The van der Waals surface area contributed by atoms with Gasteiger partial charge in [0.15, 0.2) is 0 Å². The Bertz CT molecular complexity index is 533. The van der Waals surface area contributed by atoms with Crippen LogP contribution in [0.15, 0.2) is 22.7 Å². The summed E-state index contributed by atoms with van der Waals surface area (Å²) in [6, 6.07) is 5.79. The van der Waals surface area contributed by atoms with Crippen LogP contribution in [0.25, 0.3) is 0 Å². The SMILES string of the molecule is CC(=O)CC1CCCCN1C(=O)c1cc(Br)ccc1I. The minimum absolute atomic E-state index is 0.0432. The lowest BCUT2D eigenvalue weighted by Crippen LogP contribution is -2.44. The largest absolute Gasteiger partial charge is 0.335 e. The van der Waals surface area contributed by atoms with Crippen molar-refractivity contribution in [3.8, 4) is 0 Å². The third-order valence-electron chi connectivity index (χ3n) is 3.57. The molecule has 1 saturated heterocycles. The van der Waals surface area contributed by atoms with E-state index in [0.717, 1.165) is 39.4 Å². The van der Waals surface area contributed by atoms with Crippen LogP contribution in [-0.2, 0) is 4.79 Å². The summed E-state index contributed by atoms with van der Waals surface area (Å²) in [4.78, 5) is 26.0. The van der Waals surface area contributed by atoms with Gasteiger partial charge in [-0.1, -0.05) is 15.9 Å². The standard InChI is InChI=1S/C15H17BrINO2/c1-10(19)8-12-4-2-3-7-18(12)15(20)13-9-11(16)5-6-14(13)17/h5-6,9,12H,2-4,7-8H2,1H3. The third-order valence-corrected chi connectivity index (χ3v) is 5.00. The molecule has 1 aromatic carbocycles. The van der Waals surface area contributed by atoms with Crippen molar-refractivity contribution in [3.05, 3.63) is 31.8 Å². The quantitative estimate of drug-likeness (QED) is 0.653. The molecular weight excluding hydrogens is 433 g/mol. The van der Waals surface area contributed by atoms with E-state index in [1.165, 1.54) is 0 Å². The molecule has 1 unspecified atom stereocenters. The normalized spacial score (nSPS) is 18.9. The van der Waals surface area contributed by atoms with Gasteiger partial charge < -0.3 is 4.90 Å². The summed E-state index contributed by atoms with van der Waals surface area (Å²) in [5, 5.41) is 0. The van der Waals surface area contributed by atoms with Gasteiger partial charge in [0, 0.05) is 27.1 Å². The summed E-state index contributed by atoms with van der Waals surface area (Å²) in [7, 11) is 0. The minimum Gasteiger partial charge on any atom is -0.335 e. The number of rotatable bonds is 3. The monoisotopic (exact) mass is 449 g/mol. The van der Waals surface area contributed by atoms with Crippen LogP contribution in [0.1, 0.15) is 43.0 Å². The number of benzene rings is 1. The molecule has 2 rings (SSSR count).